The van der Waals surface area contributed by atoms with E-state index < -0.39 is 0 Å². The van der Waals surface area contributed by atoms with E-state index in [1.165, 1.54) is 12.8 Å². The Bertz CT molecular complexity index is 394. The molecule has 1 fully saturated rings. The van der Waals surface area contributed by atoms with Gasteiger partial charge in [-0.2, -0.15) is 11.8 Å². The number of hydrogen-bond donors (Lipinski definition) is 1. The van der Waals surface area contributed by atoms with E-state index in [0.717, 1.165) is 30.4 Å². The van der Waals surface area contributed by atoms with Crippen molar-refractivity contribution in [2.45, 2.75) is 24.6 Å². The van der Waals surface area contributed by atoms with Gasteiger partial charge in [-0.25, -0.2) is 0 Å². The molecule has 18 heavy (non-hydrogen) atoms. The second-order valence-corrected chi connectivity index (χ2v) is 6.64. The lowest BCUT2D eigenvalue weighted by Crippen LogP contribution is -2.34. The van der Waals surface area contributed by atoms with Crippen molar-refractivity contribution in [3.63, 3.8) is 0 Å². The number of likely N-dealkylation sites (tertiary alicyclic amines) is 1. The molecule has 0 aromatic heterocycles. The SMILES string of the molecule is CSC1CCN(Cc2cc(Cl)c(N)c(Cl)c2)CC1. The number of nitrogens with two attached hydrogens (primary N) is 1. The zero-order valence-electron chi connectivity index (χ0n) is 10.5. The van der Waals surface area contributed by atoms with E-state index in [-0.39, 0.29) is 0 Å². The van der Waals surface area contributed by atoms with E-state index in [0.29, 0.717) is 15.7 Å². The van der Waals surface area contributed by atoms with Crippen LogP contribution in [-0.2, 0) is 6.54 Å². The van der Waals surface area contributed by atoms with Crippen LogP contribution in [0.3, 0.4) is 0 Å². The van der Waals surface area contributed by atoms with Gasteiger partial charge in [0.15, 0.2) is 0 Å². The third kappa shape index (κ3) is 3.47. The summed E-state index contributed by atoms with van der Waals surface area (Å²) in [7, 11) is 0. The van der Waals surface area contributed by atoms with Gasteiger partial charge >= 0.3 is 0 Å². The van der Waals surface area contributed by atoms with Gasteiger partial charge in [0.05, 0.1) is 15.7 Å². The smallest absolute Gasteiger partial charge is 0.0693 e. The van der Waals surface area contributed by atoms with Crippen molar-refractivity contribution in [2.24, 2.45) is 0 Å². The number of thioether (sulfide) groups is 1. The average molecular weight is 305 g/mol. The average Bonchev–Trinajstić information content (AvgIpc) is 2.37. The molecule has 0 amide bonds. The molecular formula is C13H18Cl2N2S. The topological polar surface area (TPSA) is 29.3 Å². The third-order valence-corrected chi connectivity index (χ3v) is 5.18. The van der Waals surface area contributed by atoms with Crippen molar-refractivity contribution in [3.8, 4) is 0 Å². The first-order chi connectivity index (χ1) is 8.60. The van der Waals surface area contributed by atoms with Crippen LogP contribution < -0.4 is 5.73 Å². The molecule has 5 heteroatoms. The van der Waals surface area contributed by atoms with Crippen LogP contribution in [0, 0.1) is 0 Å². The number of rotatable bonds is 3. The quantitative estimate of drug-likeness (QED) is 0.859. The van der Waals surface area contributed by atoms with Crippen LogP contribution in [0.25, 0.3) is 0 Å². The summed E-state index contributed by atoms with van der Waals surface area (Å²) in [6, 6.07) is 3.84. The molecule has 1 aliphatic heterocycles. The summed E-state index contributed by atoms with van der Waals surface area (Å²) in [4.78, 5) is 2.45. The van der Waals surface area contributed by atoms with Crippen molar-refractivity contribution in [3.05, 3.63) is 27.7 Å². The molecule has 0 radical (unpaired) electrons. The molecule has 0 bridgehead atoms. The predicted molar refractivity (Wildman–Crippen MR) is 82.7 cm³/mol. The fourth-order valence-electron chi connectivity index (χ4n) is 2.29. The highest BCUT2D eigenvalue weighted by molar-refractivity contribution is 7.99. The molecule has 1 saturated heterocycles. The Morgan fingerprint density at radius 2 is 1.83 bits per heavy atom. The monoisotopic (exact) mass is 304 g/mol. The number of hydrogen-bond acceptors (Lipinski definition) is 3. The number of nitrogen functional groups attached to an aromatic ring is 1. The molecule has 1 aliphatic rings. The number of anilines is 1. The van der Waals surface area contributed by atoms with Crippen LogP contribution in [-0.4, -0.2) is 29.5 Å². The van der Waals surface area contributed by atoms with Crippen molar-refractivity contribution < 1.29 is 0 Å². The predicted octanol–water partition coefficient (Wildman–Crippen LogP) is 3.90. The molecule has 1 aromatic rings. The van der Waals surface area contributed by atoms with E-state index in [9.17, 15) is 0 Å². The van der Waals surface area contributed by atoms with Gasteiger partial charge in [0.1, 0.15) is 0 Å². The number of halogens is 2. The Labute approximate surface area is 123 Å². The van der Waals surface area contributed by atoms with Crippen LogP contribution in [0.4, 0.5) is 5.69 Å². The fourth-order valence-corrected chi connectivity index (χ4v) is 3.50. The Balaban J connectivity index is 1.98. The van der Waals surface area contributed by atoms with Crippen molar-refractivity contribution in [2.75, 3.05) is 25.1 Å². The van der Waals surface area contributed by atoms with Gasteiger partial charge in [-0.15, -0.1) is 0 Å². The first-order valence-corrected chi connectivity index (χ1v) is 8.13. The first-order valence-electron chi connectivity index (χ1n) is 6.08. The van der Waals surface area contributed by atoms with E-state index in [1.807, 2.05) is 23.9 Å². The highest BCUT2D eigenvalue weighted by atomic mass is 35.5. The lowest BCUT2D eigenvalue weighted by Gasteiger charge is -2.31. The molecule has 1 heterocycles. The number of piperidine rings is 1. The molecule has 2 rings (SSSR count). The summed E-state index contributed by atoms with van der Waals surface area (Å²) < 4.78 is 0. The lowest BCUT2D eigenvalue weighted by molar-refractivity contribution is 0.225. The summed E-state index contributed by atoms with van der Waals surface area (Å²) in [5.41, 5.74) is 7.36. The molecule has 0 spiro atoms. The maximum absolute atomic E-state index is 6.05. The zero-order valence-corrected chi connectivity index (χ0v) is 12.8. The van der Waals surface area contributed by atoms with Gasteiger partial charge in [-0.3, -0.25) is 4.90 Å². The van der Waals surface area contributed by atoms with Gasteiger partial charge < -0.3 is 5.73 Å². The molecule has 100 valence electrons. The van der Waals surface area contributed by atoms with Gasteiger partial charge in [0.2, 0.25) is 0 Å². The lowest BCUT2D eigenvalue weighted by atomic mass is 10.1. The van der Waals surface area contributed by atoms with Crippen LogP contribution >= 0.6 is 35.0 Å². The maximum atomic E-state index is 6.05. The van der Waals surface area contributed by atoms with E-state index in [4.69, 9.17) is 28.9 Å². The normalized spacial score (nSPS) is 18.2. The molecule has 0 unspecified atom stereocenters. The second-order valence-electron chi connectivity index (χ2n) is 4.68. The molecule has 0 saturated carbocycles. The Morgan fingerprint density at radius 1 is 1.28 bits per heavy atom. The summed E-state index contributed by atoms with van der Waals surface area (Å²) in [5, 5.41) is 1.92. The van der Waals surface area contributed by atoms with Crippen molar-refractivity contribution >= 4 is 40.7 Å². The van der Waals surface area contributed by atoms with Gasteiger partial charge in [0, 0.05) is 11.8 Å². The van der Waals surface area contributed by atoms with Crippen LogP contribution in [0.1, 0.15) is 18.4 Å². The van der Waals surface area contributed by atoms with Gasteiger partial charge in [-0.05, 0) is 49.9 Å². The minimum absolute atomic E-state index is 0.475. The number of nitrogens with zero attached hydrogens (tertiary/aromatic N) is 1. The second kappa shape index (κ2) is 6.38. The minimum Gasteiger partial charge on any atom is -0.396 e. The standard InChI is InChI=1S/C13H18Cl2N2S/c1-18-10-2-4-17(5-3-10)8-9-6-11(14)13(16)12(15)7-9/h6-7,10H,2-5,8,16H2,1H3. The van der Waals surface area contributed by atoms with E-state index >= 15 is 0 Å². The summed E-state index contributed by atoms with van der Waals surface area (Å²) in [6.45, 7) is 3.19. The van der Waals surface area contributed by atoms with E-state index in [2.05, 4.69) is 11.2 Å². The number of benzene rings is 1. The Hall–Kier alpha value is -0.0900. The largest absolute Gasteiger partial charge is 0.396 e. The maximum Gasteiger partial charge on any atom is 0.0693 e. The Kier molecular flexibility index (Phi) is 5.07. The van der Waals surface area contributed by atoms with Crippen molar-refractivity contribution in [1.82, 2.24) is 4.90 Å². The highest BCUT2D eigenvalue weighted by Gasteiger charge is 2.18. The van der Waals surface area contributed by atoms with Gasteiger partial charge in [0.25, 0.3) is 0 Å². The van der Waals surface area contributed by atoms with E-state index in [1.54, 1.807) is 0 Å². The van der Waals surface area contributed by atoms with Crippen LogP contribution in [0.2, 0.25) is 10.0 Å². The molecule has 0 aliphatic carbocycles. The minimum atomic E-state index is 0.475. The zero-order chi connectivity index (χ0) is 13.1. The molecule has 2 N–H and O–H groups in total. The van der Waals surface area contributed by atoms with Crippen LogP contribution in [0.5, 0.6) is 0 Å². The molecule has 1 aromatic carbocycles. The van der Waals surface area contributed by atoms with Crippen molar-refractivity contribution in [1.29, 1.82) is 0 Å². The summed E-state index contributed by atoms with van der Waals surface area (Å²) in [6.07, 6.45) is 4.72. The molecule has 2 nitrogen and oxygen atoms in total. The molecule has 0 atom stereocenters. The summed E-state index contributed by atoms with van der Waals surface area (Å²) in [5.74, 6) is 0. The Morgan fingerprint density at radius 3 is 2.33 bits per heavy atom. The molecular weight excluding hydrogens is 287 g/mol. The fraction of sp³-hybridized carbons (Fsp3) is 0.538. The third-order valence-electron chi connectivity index (χ3n) is 3.41. The summed E-state index contributed by atoms with van der Waals surface area (Å²) >= 11 is 14.1. The highest BCUT2D eigenvalue weighted by Crippen LogP contribution is 2.30. The van der Waals surface area contributed by atoms with Crippen LogP contribution in [0.15, 0.2) is 12.1 Å². The van der Waals surface area contributed by atoms with Gasteiger partial charge in [-0.1, -0.05) is 23.2 Å². The first kappa shape index (κ1) is 14.3.